The predicted octanol–water partition coefficient (Wildman–Crippen LogP) is 2.41. The normalized spacial score (nSPS) is 10.5. The molecule has 9 heteroatoms. The molecule has 1 aromatic carbocycles. The topological polar surface area (TPSA) is 96.9 Å². The SMILES string of the molecule is CCNC(=NCc1ccc(OC)cc1OC)NCC(=O)Nc1cccnc1.I. The summed E-state index contributed by atoms with van der Waals surface area (Å²) < 4.78 is 10.6. The van der Waals surface area contributed by atoms with Crippen LogP contribution < -0.4 is 25.4 Å². The molecule has 1 amide bonds. The number of hydrogen-bond donors (Lipinski definition) is 3. The average molecular weight is 499 g/mol. The van der Waals surface area contributed by atoms with E-state index in [1.54, 1.807) is 38.7 Å². The van der Waals surface area contributed by atoms with Crippen LogP contribution in [-0.2, 0) is 11.3 Å². The Hall–Kier alpha value is -2.56. The Balaban J connectivity index is 0.00000392. The van der Waals surface area contributed by atoms with Gasteiger partial charge in [-0.3, -0.25) is 9.78 Å². The number of rotatable bonds is 8. The third kappa shape index (κ3) is 7.59. The summed E-state index contributed by atoms with van der Waals surface area (Å²) in [4.78, 5) is 20.5. The number of carbonyl (C=O) groups is 1. The van der Waals surface area contributed by atoms with Crippen LogP contribution in [0.2, 0.25) is 0 Å². The third-order valence-electron chi connectivity index (χ3n) is 3.61. The number of guanidine groups is 1. The van der Waals surface area contributed by atoms with Crippen LogP contribution in [0.15, 0.2) is 47.7 Å². The molecule has 1 heterocycles. The van der Waals surface area contributed by atoms with Crippen molar-refractivity contribution in [3.63, 3.8) is 0 Å². The molecule has 0 radical (unpaired) electrons. The van der Waals surface area contributed by atoms with Gasteiger partial charge in [0.2, 0.25) is 5.91 Å². The van der Waals surface area contributed by atoms with E-state index >= 15 is 0 Å². The van der Waals surface area contributed by atoms with Gasteiger partial charge in [-0.15, -0.1) is 24.0 Å². The first kappa shape index (κ1) is 23.5. The van der Waals surface area contributed by atoms with Crippen LogP contribution in [0.1, 0.15) is 12.5 Å². The molecule has 0 saturated heterocycles. The molecule has 3 N–H and O–H groups in total. The predicted molar refractivity (Wildman–Crippen MR) is 121 cm³/mol. The minimum atomic E-state index is -0.185. The van der Waals surface area contributed by atoms with E-state index in [2.05, 4.69) is 25.9 Å². The van der Waals surface area contributed by atoms with Crippen molar-refractivity contribution in [3.8, 4) is 11.5 Å². The van der Waals surface area contributed by atoms with Crippen molar-refractivity contribution in [1.29, 1.82) is 0 Å². The Labute approximate surface area is 182 Å². The molecule has 0 aliphatic rings. The zero-order chi connectivity index (χ0) is 19.5. The highest BCUT2D eigenvalue weighted by molar-refractivity contribution is 14.0. The lowest BCUT2D eigenvalue weighted by Gasteiger charge is -2.13. The molecule has 0 spiro atoms. The van der Waals surface area contributed by atoms with Crippen LogP contribution in [0.3, 0.4) is 0 Å². The maximum atomic E-state index is 12.0. The second-order valence-electron chi connectivity index (χ2n) is 5.52. The summed E-state index contributed by atoms with van der Waals surface area (Å²) in [7, 11) is 3.21. The molecule has 0 atom stereocenters. The fraction of sp³-hybridized carbons (Fsp3) is 0.316. The van der Waals surface area contributed by atoms with Gasteiger partial charge in [-0.05, 0) is 31.2 Å². The average Bonchev–Trinajstić information content (AvgIpc) is 2.70. The summed E-state index contributed by atoms with van der Waals surface area (Å²) in [5.74, 6) is 1.77. The molecule has 8 nitrogen and oxygen atoms in total. The lowest BCUT2D eigenvalue weighted by Crippen LogP contribution is -2.41. The molecule has 0 unspecified atom stereocenters. The highest BCUT2D eigenvalue weighted by Crippen LogP contribution is 2.25. The van der Waals surface area contributed by atoms with Crippen molar-refractivity contribution < 1.29 is 14.3 Å². The summed E-state index contributed by atoms with van der Waals surface area (Å²) in [6, 6.07) is 9.11. The van der Waals surface area contributed by atoms with E-state index in [4.69, 9.17) is 9.47 Å². The number of amides is 1. The number of anilines is 1. The number of benzene rings is 1. The van der Waals surface area contributed by atoms with Gasteiger partial charge in [0, 0.05) is 24.4 Å². The number of ether oxygens (including phenoxy) is 2. The molecule has 0 saturated carbocycles. The Morgan fingerprint density at radius 1 is 1.18 bits per heavy atom. The van der Waals surface area contributed by atoms with E-state index in [1.807, 2.05) is 25.1 Å². The first-order chi connectivity index (χ1) is 13.2. The minimum Gasteiger partial charge on any atom is -0.497 e. The highest BCUT2D eigenvalue weighted by Gasteiger charge is 2.07. The number of pyridine rings is 1. The molecule has 1 aromatic heterocycles. The number of nitrogens with zero attached hydrogens (tertiary/aromatic N) is 2. The molecule has 2 rings (SSSR count). The summed E-state index contributed by atoms with van der Waals surface area (Å²) in [6.45, 7) is 3.11. The fourth-order valence-corrected chi connectivity index (χ4v) is 2.29. The number of carbonyl (C=O) groups excluding carboxylic acids is 1. The van der Waals surface area contributed by atoms with Crippen molar-refractivity contribution in [3.05, 3.63) is 48.3 Å². The van der Waals surface area contributed by atoms with Crippen molar-refractivity contribution in [2.45, 2.75) is 13.5 Å². The summed E-state index contributed by atoms with van der Waals surface area (Å²) in [5, 5.41) is 8.89. The minimum absolute atomic E-state index is 0. The Kier molecular flexibility index (Phi) is 10.7. The number of methoxy groups -OCH3 is 2. The van der Waals surface area contributed by atoms with E-state index < -0.39 is 0 Å². The van der Waals surface area contributed by atoms with Gasteiger partial charge in [0.05, 0.1) is 39.2 Å². The van der Waals surface area contributed by atoms with E-state index in [1.165, 1.54) is 0 Å². The molecule has 0 aliphatic carbocycles. The highest BCUT2D eigenvalue weighted by atomic mass is 127. The standard InChI is InChI=1S/C19H25N5O3.HI/c1-4-21-19(23-13-18(25)24-15-6-5-9-20-12-15)22-11-14-7-8-16(26-2)10-17(14)27-3;/h5-10,12H,4,11,13H2,1-3H3,(H,24,25)(H2,21,22,23);1H. The largest absolute Gasteiger partial charge is 0.497 e. The van der Waals surface area contributed by atoms with Gasteiger partial charge in [-0.2, -0.15) is 0 Å². The van der Waals surface area contributed by atoms with Crippen LogP contribution in [-0.4, -0.2) is 44.2 Å². The molecule has 0 bridgehead atoms. The van der Waals surface area contributed by atoms with Gasteiger partial charge >= 0.3 is 0 Å². The zero-order valence-electron chi connectivity index (χ0n) is 16.2. The Morgan fingerprint density at radius 2 is 2.00 bits per heavy atom. The quantitative estimate of drug-likeness (QED) is 0.293. The number of nitrogens with one attached hydrogen (secondary N) is 3. The first-order valence-corrected chi connectivity index (χ1v) is 8.59. The zero-order valence-corrected chi connectivity index (χ0v) is 18.5. The van der Waals surface area contributed by atoms with Crippen LogP contribution in [0.4, 0.5) is 5.69 Å². The van der Waals surface area contributed by atoms with Crippen molar-refractivity contribution in [2.24, 2.45) is 4.99 Å². The van der Waals surface area contributed by atoms with Crippen LogP contribution in [0.5, 0.6) is 11.5 Å². The van der Waals surface area contributed by atoms with E-state index in [0.29, 0.717) is 30.5 Å². The second-order valence-corrected chi connectivity index (χ2v) is 5.52. The van der Waals surface area contributed by atoms with E-state index in [0.717, 1.165) is 11.3 Å². The van der Waals surface area contributed by atoms with Crippen LogP contribution in [0, 0.1) is 0 Å². The number of aromatic nitrogens is 1. The lowest BCUT2D eigenvalue weighted by molar-refractivity contribution is -0.115. The molecule has 2 aromatic rings. The summed E-state index contributed by atoms with van der Waals surface area (Å²) in [6.07, 6.45) is 3.24. The lowest BCUT2D eigenvalue weighted by atomic mass is 10.2. The molecule has 152 valence electrons. The fourth-order valence-electron chi connectivity index (χ4n) is 2.29. The monoisotopic (exact) mass is 499 g/mol. The number of aliphatic imine (C=N–C) groups is 1. The van der Waals surface area contributed by atoms with Gasteiger partial charge in [0.15, 0.2) is 5.96 Å². The first-order valence-electron chi connectivity index (χ1n) is 8.59. The third-order valence-corrected chi connectivity index (χ3v) is 3.61. The van der Waals surface area contributed by atoms with E-state index in [-0.39, 0.29) is 36.4 Å². The summed E-state index contributed by atoms with van der Waals surface area (Å²) >= 11 is 0. The number of hydrogen-bond acceptors (Lipinski definition) is 5. The van der Waals surface area contributed by atoms with Gasteiger partial charge in [-0.1, -0.05) is 0 Å². The molecular weight excluding hydrogens is 473 g/mol. The van der Waals surface area contributed by atoms with Crippen LogP contribution in [0.25, 0.3) is 0 Å². The molecular formula is C19H26IN5O3. The van der Waals surface area contributed by atoms with Crippen LogP contribution >= 0.6 is 24.0 Å². The molecule has 0 fully saturated rings. The Morgan fingerprint density at radius 3 is 2.64 bits per heavy atom. The van der Waals surface area contributed by atoms with E-state index in [9.17, 15) is 4.79 Å². The molecule has 0 aliphatic heterocycles. The van der Waals surface area contributed by atoms with Crippen molar-refractivity contribution in [2.75, 3.05) is 32.6 Å². The maximum Gasteiger partial charge on any atom is 0.243 e. The van der Waals surface area contributed by atoms with Gasteiger partial charge < -0.3 is 25.4 Å². The Bertz CT molecular complexity index is 771. The molecule has 28 heavy (non-hydrogen) atoms. The van der Waals surface area contributed by atoms with Crippen molar-refractivity contribution in [1.82, 2.24) is 15.6 Å². The summed E-state index contributed by atoms with van der Waals surface area (Å²) in [5.41, 5.74) is 1.56. The maximum absolute atomic E-state index is 12.0. The smallest absolute Gasteiger partial charge is 0.243 e. The van der Waals surface area contributed by atoms with Crippen molar-refractivity contribution >= 4 is 41.5 Å². The second kappa shape index (κ2) is 12.8. The van der Waals surface area contributed by atoms with Gasteiger partial charge in [-0.25, -0.2) is 4.99 Å². The van der Waals surface area contributed by atoms with Gasteiger partial charge in [0.25, 0.3) is 0 Å². The van der Waals surface area contributed by atoms with Gasteiger partial charge in [0.1, 0.15) is 11.5 Å². The number of halogens is 1.